The van der Waals surface area contributed by atoms with Gasteiger partial charge in [0.05, 0.1) is 0 Å². The Hall–Kier alpha value is -1.24. The molecular formula is C12H20N2O4S. The van der Waals surface area contributed by atoms with E-state index in [0.717, 1.165) is 24.6 Å². The Morgan fingerprint density at radius 3 is 2.79 bits per heavy atom. The molecule has 7 heteroatoms. The van der Waals surface area contributed by atoms with Gasteiger partial charge in [-0.1, -0.05) is 25.1 Å². The van der Waals surface area contributed by atoms with E-state index in [1.165, 1.54) is 0 Å². The normalized spacial score (nSPS) is 19.8. The molecule has 1 fully saturated rings. The fraction of sp³-hybridized carbons (Fsp3) is 0.750. The standard InChI is InChI=1S/C12H20N2O4S/c1-2-8(3-4-10(15)16)5-6-13-11(17)9-7-19-12(18)14-9/h8-9H,2-7H2,1H3,(H,13,17)(H,14,18)(H,15,16). The van der Waals surface area contributed by atoms with Crippen molar-refractivity contribution < 1.29 is 19.5 Å². The second-order valence-corrected chi connectivity index (χ2v) is 5.57. The molecule has 2 atom stereocenters. The van der Waals surface area contributed by atoms with E-state index in [4.69, 9.17) is 5.11 Å². The second-order valence-electron chi connectivity index (χ2n) is 4.58. The van der Waals surface area contributed by atoms with Crippen LogP contribution in [0.4, 0.5) is 4.79 Å². The highest BCUT2D eigenvalue weighted by Gasteiger charge is 2.27. The summed E-state index contributed by atoms with van der Waals surface area (Å²) in [5, 5.41) is 13.8. The van der Waals surface area contributed by atoms with Gasteiger partial charge in [0.2, 0.25) is 5.91 Å². The molecule has 0 radical (unpaired) electrons. The minimum Gasteiger partial charge on any atom is -0.481 e. The van der Waals surface area contributed by atoms with E-state index in [1.807, 2.05) is 6.92 Å². The summed E-state index contributed by atoms with van der Waals surface area (Å²) < 4.78 is 0. The van der Waals surface area contributed by atoms with Crippen LogP contribution in [0.3, 0.4) is 0 Å². The van der Waals surface area contributed by atoms with Gasteiger partial charge in [0.1, 0.15) is 6.04 Å². The van der Waals surface area contributed by atoms with Gasteiger partial charge >= 0.3 is 5.97 Å². The van der Waals surface area contributed by atoms with Crippen LogP contribution in [0.15, 0.2) is 0 Å². The summed E-state index contributed by atoms with van der Waals surface area (Å²) in [6.45, 7) is 2.54. The molecule has 6 nitrogen and oxygen atoms in total. The number of aliphatic carboxylic acids is 1. The molecule has 1 heterocycles. The SMILES string of the molecule is CCC(CCNC(=O)C1CSC(=O)N1)CCC(=O)O. The van der Waals surface area contributed by atoms with E-state index in [0.29, 0.717) is 24.6 Å². The van der Waals surface area contributed by atoms with Crippen LogP contribution in [-0.2, 0) is 9.59 Å². The number of carboxylic acids is 1. The van der Waals surface area contributed by atoms with Gasteiger partial charge in [-0.3, -0.25) is 14.4 Å². The molecule has 0 saturated carbocycles. The summed E-state index contributed by atoms with van der Waals surface area (Å²) >= 11 is 1.11. The van der Waals surface area contributed by atoms with Crippen molar-refractivity contribution in [2.75, 3.05) is 12.3 Å². The van der Waals surface area contributed by atoms with Gasteiger partial charge in [0, 0.05) is 18.7 Å². The molecule has 19 heavy (non-hydrogen) atoms. The summed E-state index contributed by atoms with van der Waals surface area (Å²) in [7, 11) is 0. The van der Waals surface area contributed by atoms with E-state index in [1.54, 1.807) is 0 Å². The minimum absolute atomic E-state index is 0.159. The first kappa shape index (κ1) is 15.8. The fourth-order valence-corrected chi connectivity index (χ4v) is 2.71. The second kappa shape index (κ2) is 8.04. The maximum atomic E-state index is 11.7. The van der Waals surface area contributed by atoms with E-state index in [-0.39, 0.29) is 17.6 Å². The van der Waals surface area contributed by atoms with Crippen LogP contribution < -0.4 is 10.6 Å². The number of rotatable bonds is 8. The predicted octanol–water partition coefficient (Wildman–Crippen LogP) is 1.21. The number of carboxylic acid groups (broad SMARTS) is 1. The molecule has 0 spiro atoms. The highest BCUT2D eigenvalue weighted by atomic mass is 32.2. The van der Waals surface area contributed by atoms with Crippen molar-refractivity contribution in [3.05, 3.63) is 0 Å². The smallest absolute Gasteiger partial charge is 0.303 e. The number of hydrogen-bond donors (Lipinski definition) is 3. The average Bonchev–Trinajstić information content (AvgIpc) is 2.79. The molecule has 0 aromatic heterocycles. The van der Waals surface area contributed by atoms with Crippen molar-refractivity contribution in [2.24, 2.45) is 5.92 Å². The number of carbonyl (C=O) groups is 3. The Balaban J connectivity index is 2.18. The summed E-state index contributed by atoms with van der Waals surface area (Å²) in [5.74, 6) is -0.162. The number of hydrogen-bond acceptors (Lipinski definition) is 4. The Morgan fingerprint density at radius 2 is 2.26 bits per heavy atom. The zero-order valence-electron chi connectivity index (χ0n) is 11.0. The third-order valence-electron chi connectivity index (χ3n) is 3.19. The van der Waals surface area contributed by atoms with Gasteiger partial charge < -0.3 is 15.7 Å². The zero-order valence-corrected chi connectivity index (χ0v) is 11.8. The molecule has 1 rings (SSSR count). The molecule has 1 aliphatic heterocycles. The third kappa shape index (κ3) is 5.96. The summed E-state index contributed by atoms with van der Waals surface area (Å²) in [6.07, 6.45) is 2.47. The Morgan fingerprint density at radius 1 is 1.53 bits per heavy atom. The molecule has 2 amide bonds. The van der Waals surface area contributed by atoms with Gasteiger partial charge in [-0.2, -0.15) is 0 Å². The molecule has 0 aliphatic carbocycles. The van der Waals surface area contributed by atoms with Crippen molar-refractivity contribution in [3.63, 3.8) is 0 Å². The van der Waals surface area contributed by atoms with Crippen molar-refractivity contribution >= 4 is 28.9 Å². The first-order valence-corrected chi connectivity index (χ1v) is 7.44. The lowest BCUT2D eigenvalue weighted by Gasteiger charge is -2.15. The van der Waals surface area contributed by atoms with E-state index in [9.17, 15) is 14.4 Å². The van der Waals surface area contributed by atoms with Crippen molar-refractivity contribution in [3.8, 4) is 0 Å². The van der Waals surface area contributed by atoms with Crippen LogP contribution >= 0.6 is 11.8 Å². The average molecular weight is 288 g/mol. The molecular weight excluding hydrogens is 268 g/mol. The maximum absolute atomic E-state index is 11.7. The number of carbonyl (C=O) groups excluding carboxylic acids is 2. The first-order chi connectivity index (χ1) is 9.02. The van der Waals surface area contributed by atoms with Gasteiger partial charge in [-0.15, -0.1) is 0 Å². The molecule has 0 aromatic rings. The highest BCUT2D eigenvalue weighted by Crippen LogP contribution is 2.15. The van der Waals surface area contributed by atoms with Crippen molar-refractivity contribution in [1.29, 1.82) is 0 Å². The van der Waals surface area contributed by atoms with Crippen LogP contribution in [-0.4, -0.2) is 40.6 Å². The minimum atomic E-state index is -0.784. The Labute approximate surface area is 116 Å². The number of amides is 2. The van der Waals surface area contributed by atoms with E-state index >= 15 is 0 Å². The van der Waals surface area contributed by atoms with Gasteiger partial charge in [-0.05, 0) is 18.8 Å². The Kier molecular flexibility index (Phi) is 6.69. The largest absolute Gasteiger partial charge is 0.481 e. The molecule has 1 aliphatic rings. The quantitative estimate of drug-likeness (QED) is 0.624. The Bertz CT molecular complexity index is 349. The lowest BCUT2D eigenvalue weighted by atomic mass is 9.96. The molecule has 1 saturated heterocycles. The molecule has 108 valence electrons. The zero-order chi connectivity index (χ0) is 14.3. The van der Waals surface area contributed by atoms with Crippen LogP contribution in [0, 0.1) is 5.92 Å². The van der Waals surface area contributed by atoms with E-state index in [2.05, 4.69) is 10.6 Å². The van der Waals surface area contributed by atoms with Crippen LogP contribution in [0.25, 0.3) is 0 Å². The molecule has 0 bridgehead atoms. The van der Waals surface area contributed by atoms with Crippen LogP contribution in [0.2, 0.25) is 0 Å². The van der Waals surface area contributed by atoms with Gasteiger partial charge in [0.25, 0.3) is 5.24 Å². The molecule has 0 aromatic carbocycles. The topological polar surface area (TPSA) is 95.5 Å². The van der Waals surface area contributed by atoms with Crippen molar-refractivity contribution in [1.82, 2.24) is 10.6 Å². The van der Waals surface area contributed by atoms with Gasteiger partial charge in [-0.25, -0.2) is 0 Å². The van der Waals surface area contributed by atoms with Crippen LogP contribution in [0.1, 0.15) is 32.6 Å². The number of nitrogens with one attached hydrogen (secondary N) is 2. The van der Waals surface area contributed by atoms with Gasteiger partial charge in [0.15, 0.2) is 0 Å². The third-order valence-corrected chi connectivity index (χ3v) is 4.07. The monoisotopic (exact) mass is 288 g/mol. The molecule has 3 N–H and O–H groups in total. The summed E-state index contributed by atoms with van der Waals surface area (Å²) in [6, 6.07) is -0.434. The summed E-state index contributed by atoms with van der Waals surface area (Å²) in [5.41, 5.74) is 0. The lowest BCUT2D eigenvalue weighted by molar-refractivity contribution is -0.137. The summed E-state index contributed by atoms with van der Waals surface area (Å²) in [4.78, 5) is 33.1. The van der Waals surface area contributed by atoms with E-state index < -0.39 is 12.0 Å². The number of thioether (sulfide) groups is 1. The highest BCUT2D eigenvalue weighted by molar-refractivity contribution is 8.14. The fourth-order valence-electron chi connectivity index (χ4n) is 1.93. The lowest BCUT2D eigenvalue weighted by Crippen LogP contribution is -2.43. The maximum Gasteiger partial charge on any atom is 0.303 e. The van der Waals surface area contributed by atoms with Crippen LogP contribution in [0.5, 0.6) is 0 Å². The molecule has 2 unspecified atom stereocenters. The first-order valence-electron chi connectivity index (χ1n) is 6.45. The predicted molar refractivity (Wildman–Crippen MR) is 73.1 cm³/mol. The van der Waals surface area contributed by atoms with Crippen molar-refractivity contribution in [2.45, 2.75) is 38.6 Å².